The number of hydrogen-bond donors (Lipinski definition) is 0. The van der Waals surface area contributed by atoms with E-state index in [4.69, 9.17) is 0 Å². The van der Waals surface area contributed by atoms with Crippen LogP contribution in [0.15, 0.2) is 11.2 Å². The lowest BCUT2D eigenvalue weighted by Crippen LogP contribution is -2.47. The summed E-state index contributed by atoms with van der Waals surface area (Å²) in [7, 11) is -3.69. The van der Waals surface area contributed by atoms with Crippen LogP contribution in [0.1, 0.15) is 38.9 Å². The van der Waals surface area contributed by atoms with Crippen LogP contribution in [0.3, 0.4) is 0 Å². The molecule has 2 heterocycles. The van der Waals surface area contributed by atoms with Crippen molar-refractivity contribution in [2.24, 2.45) is 0 Å². The fraction of sp³-hybridized carbons (Fsp3) is 0.692. The second-order valence-corrected chi connectivity index (χ2v) is 6.99. The summed E-state index contributed by atoms with van der Waals surface area (Å²) in [6, 6.07) is -0.541. The molecule has 2 rings (SSSR count). The first kappa shape index (κ1) is 15.2. The Morgan fingerprint density at radius 2 is 2.15 bits per heavy atom. The van der Waals surface area contributed by atoms with Gasteiger partial charge in [0.15, 0.2) is 5.03 Å². The predicted octanol–water partition coefficient (Wildman–Crippen LogP) is 1.34. The minimum Gasteiger partial charge on any atom is -0.334 e. The summed E-state index contributed by atoms with van der Waals surface area (Å²) in [4.78, 5) is 15.8. The molecule has 1 atom stereocenters. The number of imidazole rings is 1. The molecular formula is C13H21N3O3S. The fourth-order valence-corrected chi connectivity index (χ4v) is 4.35. The van der Waals surface area contributed by atoms with Crippen LogP contribution in [0, 0.1) is 6.92 Å². The lowest BCUT2D eigenvalue weighted by atomic mass is 10.0. The molecule has 1 aliphatic heterocycles. The summed E-state index contributed by atoms with van der Waals surface area (Å²) in [6.45, 7) is 6.23. The van der Waals surface area contributed by atoms with E-state index in [1.807, 2.05) is 6.92 Å². The van der Waals surface area contributed by atoms with Crippen molar-refractivity contribution in [1.29, 1.82) is 0 Å². The molecular weight excluding hydrogens is 278 g/mol. The van der Waals surface area contributed by atoms with Gasteiger partial charge in [-0.3, -0.25) is 4.79 Å². The quantitative estimate of drug-likeness (QED) is 0.841. The summed E-state index contributed by atoms with van der Waals surface area (Å²) in [6.07, 6.45) is 3.83. The Morgan fingerprint density at radius 3 is 2.70 bits per heavy atom. The third-order valence-corrected chi connectivity index (χ3v) is 5.57. The monoisotopic (exact) mass is 299 g/mol. The highest BCUT2D eigenvalue weighted by Crippen LogP contribution is 2.25. The highest BCUT2D eigenvalue weighted by atomic mass is 32.2. The van der Waals surface area contributed by atoms with Gasteiger partial charge in [0, 0.05) is 19.3 Å². The van der Waals surface area contributed by atoms with E-state index in [9.17, 15) is 13.2 Å². The van der Waals surface area contributed by atoms with Gasteiger partial charge in [-0.25, -0.2) is 13.4 Å². The Balaban J connectivity index is 2.39. The van der Waals surface area contributed by atoms with Crippen molar-refractivity contribution in [3.63, 3.8) is 0 Å². The predicted molar refractivity (Wildman–Crippen MR) is 74.8 cm³/mol. The molecule has 7 heteroatoms. The molecule has 0 amide bonds. The van der Waals surface area contributed by atoms with Crippen LogP contribution in [0.4, 0.5) is 0 Å². The molecule has 0 spiro atoms. The number of hydrogen-bond acceptors (Lipinski definition) is 4. The van der Waals surface area contributed by atoms with Crippen LogP contribution in [0.2, 0.25) is 0 Å². The smallest absolute Gasteiger partial charge is 0.262 e. The highest BCUT2D eigenvalue weighted by molar-refractivity contribution is 7.89. The second-order valence-electron chi connectivity index (χ2n) is 5.15. The van der Waals surface area contributed by atoms with Crippen molar-refractivity contribution >= 4 is 15.8 Å². The molecule has 0 saturated carbocycles. The van der Waals surface area contributed by atoms with E-state index in [0.717, 1.165) is 12.8 Å². The van der Waals surface area contributed by atoms with Crippen molar-refractivity contribution in [3.05, 3.63) is 12.0 Å². The average Bonchev–Trinajstić information content (AvgIpc) is 2.80. The van der Waals surface area contributed by atoms with Crippen molar-refractivity contribution in [3.8, 4) is 0 Å². The first-order chi connectivity index (χ1) is 9.37. The van der Waals surface area contributed by atoms with Crippen molar-refractivity contribution in [2.75, 3.05) is 6.54 Å². The summed E-state index contributed by atoms with van der Waals surface area (Å²) < 4.78 is 28.5. The maximum Gasteiger partial charge on any atom is 0.262 e. The van der Waals surface area contributed by atoms with Gasteiger partial charge in [0.05, 0.1) is 6.04 Å². The molecule has 1 saturated heterocycles. The largest absolute Gasteiger partial charge is 0.334 e. The molecule has 0 aliphatic carbocycles. The zero-order valence-corrected chi connectivity index (χ0v) is 13.0. The molecule has 0 bridgehead atoms. The molecule has 6 nitrogen and oxygen atoms in total. The lowest BCUT2D eigenvalue weighted by molar-refractivity contribution is -0.121. The van der Waals surface area contributed by atoms with Gasteiger partial charge < -0.3 is 4.57 Å². The number of piperidine rings is 1. The van der Waals surface area contributed by atoms with Gasteiger partial charge >= 0.3 is 0 Å². The Morgan fingerprint density at radius 1 is 1.45 bits per heavy atom. The number of carbonyl (C=O) groups excluding carboxylic acids is 1. The number of aryl methyl sites for hydroxylation is 2. The van der Waals surface area contributed by atoms with Gasteiger partial charge in [-0.05, 0) is 33.6 Å². The molecule has 1 aliphatic rings. The number of rotatable bonds is 4. The van der Waals surface area contributed by atoms with Crippen LogP contribution in [-0.4, -0.2) is 40.6 Å². The number of Topliss-reactive ketones (excluding diaryl/α,β-unsaturated/α-hetero) is 1. The molecule has 0 N–H and O–H groups in total. The Hall–Kier alpha value is -1.21. The Kier molecular flexibility index (Phi) is 4.29. The number of carbonyl (C=O) groups is 1. The van der Waals surface area contributed by atoms with Gasteiger partial charge in [-0.15, -0.1) is 0 Å². The topological polar surface area (TPSA) is 72.3 Å². The Labute approximate surface area is 119 Å². The zero-order chi connectivity index (χ0) is 14.9. The van der Waals surface area contributed by atoms with Crippen molar-refractivity contribution < 1.29 is 13.2 Å². The molecule has 112 valence electrons. The zero-order valence-electron chi connectivity index (χ0n) is 12.2. The maximum atomic E-state index is 12.7. The first-order valence-corrected chi connectivity index (χ1v) is 8.38. The molecule has 1 unspecified atom stereocenters. The number of nitrogens with zero attached hydrogens (tertiary/aromatic N) is 3. The normalized spacial score (nSPS) is 21.1. The minimum atomic E-state index is -3.69. The van der Waals surface area contributed by atoms with Crippen molar-refractivity contribution in [1.82, 2.24) is 13.9 Å². The van der Waals surface area contributed by atoms with Crippen LogP contribution in [-0.2, 0) is 21.4 Å². The fourth-order valence-electron chi connectivity index (χ4n) is 2.64. The number of sulfonamides is 1. The molecule has 1 fully saturated rings. The molecule has 20 heavy (non-hydrogen) atoms. The number of aromatic nitrogens is 2. The van der Waals surface area contributed by atoms with E-state index < -0.39 is 16.1 Å². The lowest BCUT2D eigenvalue weighted by Gasteiger charge is -2.32. The summed E-state index contributed by atoms with van der Waals surface area (Å²) >= 11 is 0. The van der Waals surface area contributed by atoms with E-state index >= 15 is 0 Å². The van der Waals surface area contributed by atoms with Gasteiger partial charge in [0.1, 0.15) is 11.6 Å². The summed E-state index contributed by atoms with van der Waals surface area (Å²) in [5, 5.41) is 0.0463. The summed E-state index contributed by atoms with van der Waals surface area (Å²) in [5.41, 5.74) is 0. The summed E-state index contributed by atoms with van der Waals surface area (Å²) in [5.74, 6) is 0.572. The molecule has 1 aromatic rings. The third-order valence-electron chi connectivity index (χ3n) is 3.79. The first-order valence-electron chi connectivity index (χ1n) is 6.94. The second kappa shape index (κ2) is 5.65. The highest BCUT2D eigenvalue weighted by Gasteiger charge is 2.37. The SMILES string of the molecule is CCn1cc(S(=O)(=O)N2CCCCC2C(C)=O)nc1C. The van der Waals surface area contributed by atoms with Gasteiger partial charge in [-0.1, -0.05) is 6.42 Å². The van der Waals surface area contributed by atoms with E-state index in [2.05, 4.69) is 4.98 Å². The maximum absolute atomic E-state index is 12.7. The van der Waals surface area contributed by atoms with E-state index in [0.29, 0.717) is 25.3 Å². The van der Waals surface area contributed by atoms with E-state index in [-0.39, 0.29) is 10.8 Å². The molecule has 1 aromatic heterocycles. The van der Waals surface area contributed by atoms with Crippen LogP contribution in [0.25, 0.3) is 0 Å². The molecule has 0 aromatic carbocycles. The van der Waals surface area contributed by atoms with E-state index in [1.54, 1.807) is 17.7 Å². The minimum absolute atomic E-state index is 0.0463. The average molecular weight is 299 g/mol. The van der Waals surface area contributed by atoms with Gasteiger partial charge in [0.2, 0.25) is 0 Å². The van der Waals surface area contributed by atoms with E-state index in [1.165, 1.54) is 11.2 Å². The standard InChI is InChI=1S/C13H21N3O3S/c1-4-15-9-13(14-11(15)3)20(18,19)16-8-6-5-7-12(16)10(2)17/h9,12H,4-8H2,1-3H3. The van der Waals surface area contributed by atoms with Crippen molar-refractivity contribution in [2.45, 2.75) is 57.6 Å². The van der Waals surface area contributed by atoms with Crippen LogP contribution in [0.5, 0.6) is 0 Å². The van der Waals surface area contributed by atoms with Gasteiger partial charge in [0.25, 0.3) is 10.0 Å². The Bertz CT molecular complexity index is 606. The molecule has 0 radical (unpaired) electrons. The van der Waals surface area contributed by atoms with Crippen LogP contribution < -0.4 is 0 Å². The van der Waals surface area contributed by atoms with Crippen LogP contribution >= 0.6 is 0 Å². The third kappa shape index (κ3) is 2.64. The van der Waals surface area contributed by atoms with Gasteiger partial charge in [-0.2, -0.15) is 4.31 Å². The number of ketones is 1.